The van der Waals surface area contributed by atoms with Crippen LogP contribution in [0.5, 0.6) is 0 Å². The summed E-state index contributed by atoms with van der Waals surface area (Å²) < 4.78 is 32.1. The summed E-state index contributed by atoms with van der Waals surface area (Å²) in [6, 6.07) is 2.19. The highest BCUT2D eigenvalue weighted by Gasteiger charge is 2.14. The van der Waals surface area contributed by atoms with Gasteiger partial charge in [0.25, 0.3) is 0 Å². The lowest BCUT2D eigenvalue weighted by Crippen LogP contribution is -2.16. The van der Waals surface area contributed by atoms with Crippen LogP contribution in [0, 0.1) is 11.6 Å². The lowest BCUT2D eigenvalue weighted by Gasteiger charge is -2.10. The molecule has 18 heavy (non-hydrogen) atoms. The molecule has 3 nitrogen and oxygen atoms in total. The summed E-state index contributed by atoms with van der Waals surface area (Å²) in [5.41, 5.74) is -0.423. The highest BCUT2D eigenvalue weighted by molar-refractivity contribution is 9.10. The van der Waals surface area contributed by atoms with Crippen molar-refractivity contribution < 1.29 is 18.3 Å². The van der Waals surface area contributed by atoms with E-state index in [2.05, 4.69) is 21.2 Å². The predicted molar refractivity (Wildman–Crippen MR) is 68.4 cm³/mol. The minimum atomic E-state index is -0.810. The third kappa shape index (κ3) is 4.34. The number of hydrogen-bond donors (Lipinski definition) is 1. The quantitative estimate of drug-likeness (QED) is 0.901. The smallest absolute Gasteiger partial charge is 0.224 e. The number of amides is 1. The Balaban J connectivity index is 2.65. The van der Waals surface area contributed by atoms with Gasteiger partial charge in [0.1, 0.15) is 5.69 Å². The van der Waals surface area contributed by atoms with Gasteiger partial charge in [-0.15, -0.1) is 0 Å². The Morgan fingerprint density at radius 3 is 2.50 bits per heavy atom. The Morgan fingerprint density at radius 2 is 2.00 bits per heavy atom. The minimum absolute atomic E-state index is 0.0737. The Kier molecular flexibility index (Phi) is 5.68. The minimum Gasteiger partial charge on any atom is -0.382 e. The van der Waals surface area contributed by atoms with Crippen LogP contribution in [-0.2, 0) is 9.53 Å². The monoisotopic (exact) mass is 321 g/mol. The van der Waals surface area contributed by atoms with E-state index in [1.54, 1.807) is 0 Å². The zero-order valence-electron chi connectivity index (χ0n) is 10.1. The van der Waals surface area contributed by atoms with Crippen molar-refractivity contribution in [3.63, 3.8) is 0 Å². The predicted octanol–water partition coefficient (Wildman–Crippen LogP) is 3.48. The van der Waals surface area contributed by atoms with Gasteiger partial charge in [0, 0.05) is 18.0 Å². The van der Waals surface area contributed by atoms with Gasteiger partial charge in [-0.05, 0) is 25.5 Å². The lowest BCUT2D eigenvalue weighted by atomic mass is 10.2. The zero-order valence-corrected chi connectivity index (χ0v) is 11.7. The Labute approximate surface area is 113 Å². The van der Waals surface area contributed by atoms with E-state index in [4.69, 9.17) is 4.74 Å². The lowest BCUT2D eigenvalue weighted by molar-refractivity contribution is -0.116. The molecule has 0 aromatic heterocycles. The maximum Gasteiger partial charge on any atom is 0.224 e. The highest BCUT2D eigenvalue weighted by Crippen LogP contribution is 2.24. The molecule has 0 heterocycles. The molecular formula is C12H14BrF2NO2. The molecule has 1 N–H and O–H groups in total. The van der Waals surface area contributed by atoms with E-state index in [-0.39, 0.29) is 17.0 Å². The SMILES string of the molecule is COC(C)CCC(=O)Nc1c(F)cc(Br)cc1F. The number of carbonyl (C=O) groups is 1. The molecule has 6 heteroatoms. The molecule has 0 bridgehead atoms. The van der Waals surface area contributed by atoms with Crippen LogP contribution in [-0.4, -0.2) is 19.1 Å². The molecular weight excluding hydrogens is 308 g/mol. The van der Waals surface area contributed by atoms with Crippen LogP contribution in [0.25, 0.3) is 0 Å². The van der Waals surface area contributed by atoms with Crippen molar-refractivity contribution in [2.45, 2.75) is 25.9 Å². The van der Waals surface area contributed by atoms with Crippen molar-refractivity contribution in [3.8, 4) is 0 Å². The van der Waals surface area contributed by atoms with Crippen molar-refractivity contribution in [1.29, 1.82) is 0 Å². The standard InChI is InChI=1S/C12H14BrF2NO2/c1-7(18-2)3-4-11(17)16-12-9(14)5-8(13)6-10(12)15/h5-7H,3-4H2,1-2H3,(H,16,17). The summed E-state index contributed by atoms with van der Waals surface area (Å²) in [5, 5.41) is 2.22. The van der Waals surface area contributed by atoms with E-state index in [1.807, 2.05) is 6.92 Å². The third-order valence-electron chi connectivity index (χ3n) is 2.45. The highest BCUT2D eigenvalue weighted by atomic mass is 79.9. The third-order valence-corrected chi connectivity index (χ3v) is 2.91. The molecule has 1 aromatic carbocycles. The van der Waals surface area contributed by atoms with Crippen molar-refractivity contribution >= 4 is 27.5 Å². The van der Waals surface area contributed by atoms with Gasteiger partial charge in [0.15, 0.2) is 11.6 Å². The van der Waals surface area contributed by atoms with E-state index in [9.17, 15) is 13.6 Å². The van der Waals surface area contributed by atoms with E-state index in [1.165, 1.54) is 7.11 Å². The first kappa shape index (κ1) is 15.0. The number of hydrogen-bond acceptors (Lipinski definition) is 2. The number of halogens is 3. The second kappa shape index (κ2) is 6.80. The largest absolute Gasteiger partial charge is 0.382 e. The maximum atomic E-state index is 13.4. The van der Waals surface area contributed by atoms with Gasteiger partial charge in [0.05, 0.1) is 6.10 Å². The van der Waals surface area contributed by atoms with Gasteiger partial charge in [-0.3, -0.25) is 4.79 Å². The molecule has 0 fully saturated rings. The number of carbonyl (C=O) groups excluding carboxylic acids is 1. The van der Waals surface area contributed by atoms with Crippen LogP contribution >= 0.6 is 15.9 Å². The first-order valence-corrected chi connectivity index (χ1v) is 6.20. The molecule has 0 aliphatic carbocycles. The fourth-order valence-electron chi connectivity index (χ4n) is 1.32. The van der Waals surface area contributed by atoms with E-state index in [0.717, 1.165) is 12.1 Å². The summed E-state index contributed by atoms with van der Waals surface area (Å²) >= 11 is 2.96. The average molecular weight is 322 g/mol. The van der Waals surface area contributed by atoms with Gasteiger partial charge in [-0.1, -0.05) is 15.9 Å². The number of ether oxygens (including phenoxy) is 1. The Morgan fingerprint density at radius 1 is 1.44 bits per heavy atom. The number of rotatable bonds is 5. The summed E-state index contributed by atoms with van der Waals surface area (Å²) in [6.07, 6.45) is 0.557. The van der Waals surface area contributed by atoms with Gasteiger partial charge < -0.3 is 10.1 Å². The van der Waals surface area contributed by atoms with Crippen molar-refractivity contribution in [2.75, 3.05) is 12.4 Å². The summed E-state index contributed by atoms with van der Waals surface area (Å²) in [6.45, 7) is 1.81. The van der Waals surface area contributed by atoms with Crippen LogP contribution < -0.4 is 5.32 Å². The second-order valence-corrected chi connectivity index (χ2v) is 4.79. The molecule has 0 saturated heterocycles. The topological polar surface area (TPSA) is 38.3 Å². The Hall–Kier alpha value is -1.01. The first-order valence-electron chi connectivity index (χ1n) is 5.41. The van der Waals surface area contributed by atoms with Crippen molar-refractivity contribution in [1.82, 2.24) is 0 Å². The number of methoxy groups -OCH3 is 1. The van der Waals surface area contributed by atoms with E-state index >= 15 is 0 Å². The first-order chi connectivity index (χ1) is 8.43. The molecule has 0 aliphatic heterocycles. The van der Waals surface area contributed by atoms with Gasteiger partial charge in [-0.2, -0.15) is 0 Å². The molecule has 1 rings (SSSR count). The maximum absolute atomic E-state index is 13.4. The Bertz CT molecular complexity index is 417. The molecule has 1 aromatic rings. The van der Waals surface area contributed by atoms with Crippen LogP contribution in [0.15, 0.2) is 16.6 Å². The zero-order chi connectivity index (χ0) is 13.7. The van der Waals surface area contributed by atoms with Crippen LogP contribution in [0.1, 0.15) is 19.8 Å². The van der Waals surface area contributed by atoms with Gasteiger partial charge in [-0.25, -0.2) is 8.78 Å². The molecule has 100 valence electrons. The average Bonchev–Trinajstić information content (AvgIpc) is 2.30. The molecule has 0 radical (unpaired) electrons. The molecule has 1 atom stereocenters. The van der Waals surface area contributed by atoms with E-state index < -0.39 is 23.2 Å². The van der Waals surface area contributed by atoms with Gasteiger partial charge >= 0.3 is 0 Å². The second-order valence-electron chi connectivity index (χ2n) is 3.88. The molecule has 0 aliphatic rings. The number of nitrogens with one attached hydrogen (secondary N) is 1. The van der Waals surface area contributed by atoms with Crippen molar-refractivity contribution in [3.05, 3.63) is 28.2 Å². The van der Waals surface area contributed by atoms with Crippen LogP contribution in [0.4, 0.5) is 14.5 Å². The fraction of sp³-hybridized carbons (Fsp3) is 0.417. The summed E-state index contributed by atoms with van der Waals surface area (Å²) in [4.78, 5) is 11.5. The number of anilines is 1. The van der Waals surface area contributed by atoms with Gasteiger partial charge in [0.2, 0.25) is 5.91 Å². The molecule has 0 saturated carbocycles. The molecule has 0 spiro atoms. The fourth-order valence-corrected chi connectivity index (χ4v) is 1.72. The van der Waals surface area contributed by atoms with Crippen LogP contribution in [0.2, 0.25) is 0 Å². The summed E-state index contributed by atoms with van der Waals surface area (Å²) in [7, 11) is 1.54. The summed E-state index contributed by atoms with van der Waals surface area (Å²) in [5.74, 6) is -2.07. The normalized spacial score (nSPS) is 12.3. The van der Waals surface area contributed by atoms with Crippen molar-refractivity contribution in [2.24, 2.45) is 0 Å². The van der Waals surface area contributed by atoms with Crippen LogP contribution in [0.3, 0.4) is 0 Å². The molecule has 1 amide bonds. The number of benzene rings is 1. The van der Waals surface area contributed by atoms with E-state index in [0.29, 0.717) is 6.42 Å². The molecule has 1 unspecified atom stereocenters.